The van der Waals surface area contributed by atoms with E-state index < -0.39 is 12.0 Å². The predicted octanol–water partition coefficient (Wildman–Crippen LogP) is 4.57. The normalized spacial score (nSPS) is 13.1. The summed E-state index contributed by atoms with van der Waals surface area (Å²) in [4.78, 5) is 8.35. The van der Waals surface area contributed by atoms with E-state index in [1.807, 2.05) is 13.8 Å². The van der Waals surface area contributed by atoms with Gasteiger partial charge >= 0.3 is 0 Å². The molecule has 2 aromatic heterocycles. The van der Waals surface area contributed by atoms with Gasteiger partial charge in [0.15, 0.2) is 0 Å². The molecule has 1 atom stereocenters. The maximum atomic E-state index is 13.4. The van der Waals surface area contributed by atoms with Crippen LogP contribution in [0.5, 0.6) is 5.75 Å². The number of nitrogens with zero attached hydrogens (tertiary/aromatic N) is 2. The van der Waals surface area contributed by atoms with Crippen LogP contribution < -0.4 is 4.74 Å². The van der Waals surface area contributed by atoms with Gasteiger partial charge in [-0.05, 0) is 51.3 Å². The third-order valence-corrected chi connectivity index (χ3v) is 3.70. The smallest absolute Gasteiger partial charge is 0.267 e. The molecule has 0 amide bonds. The van der Waals surface area contributed by atoms with Crippen molar-refractivity contribution < 1.29 is 18.6 Å². The van der Waals surface area contributed by atoms with Gasteiger partial charge in [-0.2, -0.15) is 0 Å². The molecule has 2 rings (SSSR count). The number of pyridine rings is 2. The Morgan fingerprint density at radius 3 is 2.56 bits per heavy atom. The molecule has 0 aliphatic rings. The SMILES string of the molecule is Cc1cc(-c2cc(C(F)F)c(OC[C@@H](C)CC(C)(C)O)cn2)ccn1. The van der Waals surface area contributed by atoms with Crippen LogP contribution >= 0.6 is 0 Å². The second kappa shape index (κ2) is 7.87. The van der Waals surface area contributed by atoms with Crippen LogP contribution in [0.3, 0.4) is 0 Å². The fourth-order valence-corrected chi connectivity index (χ4v) is 2.76. The molecule has 4 nitrogen and oxygen atoms in total. The van der Waals surface area contributed by atoms with Crippen molar-refractivity contribution >= 4 is 0 Å². The van der Waals surface area contributed by atoms with E-state index in [-0.39, 0.29) is 23.8 Å². The Balaban J connectivity index is 2.19. The summed E-state index contributed by atoms with van der Waals surface area (Å²) in [7, 11) is 0. The first-order valence-electron chi connectivity index (χ1n) is 8.22. The second-order valence-electron chi connectivity index (χ2n) is 7.03. The zero-order chi connectivity index (χ0) is 18.6. The van der Waals surface area contributed by atoms with E-state index >= 15 is 0 Å². The highest BCUT2D eigenvalue weighted by atomic mass is 19.3. The van der Waals surface area contributed by atoms with E-state index in [1.54, 1.807) is 32.2 Å². The van der Waals surface area contributed by atoms with Crippen LogP contribution in [-0.2, 0) is 0 Å². The molecule has 0 spiro atoms. The van der Waals surface area contributed by atoms with Gasteiger partial charge < -0.3 is 9.84 Å². The number of aryl methyl sites for hydroxylation is 1. The lowest BCUT2D eigenvalue weighted by Crippen LogP contribution is -2.25. The van der Waals surface area contributed by atoms with E-state index in [2.05, 4.69) is 9.97 Å². The minimum absolute atomic E-state index is 0.0213. The van der Waals surface area contributed by atoms with Gasteiger partial charge in [0.25, 0.3) is 6.43 Å². The molecule has 0 unspecified atom stereocenters. The largest absolute Gasteiger partial charge is 0.491 e. The van der Waals surface area contributed by atoms with Crippen LogP contribution in [0, 0.1) is 12.8 Å². The van der Waals surface area contributed by atoms with Crippen LogP contribution in [0.2, 0.25) is 0 Å². The van der Waals surface area contributed by atoms with E-state index in [0.717, 1.165) is 11.3 Å². The number of alkyl halides is 2. The molecule has 0 saturated carbocycles. The predicted molar refractivity (Wildman–Crippen MR) is 92.7 cm³/mol. The number of aliphatic hydroxyl groups is 1. The Hall–Kier alpha value is -2.08. The molecule has 0 aliphatic carbocycles. The first-order chi connectivity index (χ1) is 11.7. The maximum absolute atomic E-state index is 13.4. The Morgan fingerprint density at radius 1 is 1.24 bits per heavy atom. The molecule has 25 heavy (non-hydrogen) atoms. The Morgan fingerprint density at radius 2 is 1.96 bits per heavy atom. The summed E-state index contributed by atoms with van der Waals surface area (Å²) in [5.41, 5.74) is 0.970. The molecule has 0 saturated heterocycles. The van der Waals surface area contributed by atoms with E-state index in [9.17, 15) is 13.9 Å². The standard InChI is InChI=1S/C19H24F2N2O2/c1-12(9-19(3,4)24)11-25-17-10-23-16(8-15(17)18(20)21)14-5-6-22-13(2)7-14/h5-8,10,12,18,24H,9,11H2,1-4H3/t12-/m0/s1. The molecule has 2 aromatic rings. The maximum Gasteiger partial charge on any atom is 0.267 e. The highest BCUT2D eigenvalue weighted by Gasteiger charge is 2.20. The molecule has 2 heterocycles. The summed E-state index contributed by atoms with van der Waals surface area (Å²) in [6.07, 6.45) is 0.809. The van der Waals surface area contributed by atoms with Gasteiger partial charge in [0, 0.05) is 17.5 Å². The highest BCUT2D eigenvalue weighted by molar-refractivity contribution is 5.61. The summed E-state index contributed by atoms with van der Waals surface area (Å²) >= 11 is 0. The number of halogens is 2. The van der Waals surface area contributed by atoms with Crippen LogP contribution in [-0.4, -0.2) is 27.3 Å². The lowest BCUT2D eigenvalue weighted by Gasteiger charge is -2.22. The monoisotopic (exact) mass is 350 g/mol. The van der Waals surface area contributed by atoms with Crippen LogP contribution in [0.15, 0.2) is 30.6 Å². The number of hydrogen-bond donors (Lipinski definition) is 1. The quantitative estimate of drug-likeness (QED) is 0.795. The average molecular weight is 350 g/mol. The van der Waals surface area contributed by atoms with Gasteiger partial charge in [-0.3, -0.25) is 9.97 Å². The summed E-state index contributed by atoms with van der Waals surface area (Å²) in [5.74, 6) is 0.0974. The van der Waals surface area contributed by atoms with Crippen LogP contribution in [0.25, 0.3) is 11.3 Å². The zero-order valence-electron chi connectivity index (χ0n) is 15.0. The third-order valence-electron chi connectivity index (χ3n) is 3.70. The van der Waals surface area contributed by atoms with Crippen molar-refractivity contribution in [2.45, 2.75) is 46.1 Å². The zero-order valence-corrected chi connectivity index (χ0v) is 15.0. The minimum Gasteiger partial charge on any atom is -0.491 e. The molecular formula is C19H24F2N2O2. The van der Waals surface area contributed by atoms with Crippen LogP contribution in [0.4, 0.5) is 8.78 Å². The topological polar surface area (TPSA) is 55.2 Å². The molecule has 0 aliphatic heterocycles. The molecule has 0 fully saturated rings. The van der Waals surface area contributed by atoms with E-state index in [1.165, 1.54) is 12.3 Å². The van der Waals surface area contributed by atoms with Gasteiger partial charge in [0.1, 0.15) is 5.75 Å². The Kier molecular flexibility index (Phi) is 6.06. The summed E-state index contributed by atoms with van der Waals surface area (Å²) < 4.78 is 32.4. The second-order valence-corrected chi connectivity index (χ2v) is 7.03. The highest BCUT2D eigenvalue weighted by Crippen LogP contribution is 2.32. The third kappa shape index (κ3) is 5.74. The fourth-order valence-electron chi connectivity index (χ4n) is 2.76. The van der Waals surface area contributed by atoms with Crippen molar-refractivity contribution in [1.29, 1.82) is 0 Å². The summed E-state index contributed by atoms with van der Waals surface area (Å²) in [5, 5.41) is 9.82. The van der Waals surface area contributed by atoms with Gasteiger partial charge in [-0.15, -0.1) is 0 Å². The fraction of sp³-hybridized carbons (Fsp3) is 0.474. The number of aromatic nitrogens is 2. The van der Waals surface area contributed by atoms with Crippen molar-refractivity contribution in [2.75, 3.05) is 6.61 Å². The first kappa shape index (κ1) is 19.2. The van der Waals surface area contributed by atoms with Crippen molar-refractivity contribution in [3.8, 4) is 17.0 Å². The van der Waals surface area contributed by atoms with Crippen LogP contribution in [0.1, 0.15) is 44.9 Å². The van der Waals surface area contributed by atoms with Gasteiger partial charge in [-0.1, -0.05) is 6.92 Å². The van der Waals surface area contributed by atoms with Gasteiger partial charge in [0.2, 0.25) is 0 Å². The van der Waals surface area contributed by atoms with Gasteiger partial charge in [-0.25, -0.2) is 8.78 Å². The molecule has 6 heteroatoms. The molecule has 0 aromatic carbocycles. The number of ether oxygens (including phenoxy) is 1. The number of rotatable bonds is 7. The summed E-state index contributed by atoms with van der Waals surface area (Å²) in [6, 6.07) is 4.88. The van der Waals surface area contributed by atoms with Crippen molar-refractivity contribution in [3.05, 3.63) is 41.9 Å². The lowest BCUT2D eigenvalue weighted by molar-refractivity contribution is 0.0458. The number of hydrogen-bond acceptors (Lipinski definition) is 4. The molecule has 0 bridgehead atoms. The van der Waals surface area contributed by atoms with Crippen molar-refractivity contribution in [2.24, 2.45) is 5.92 Å². The minimum atomic E-state index is -2.66. The van der Waals surface area contributed by atoms with E-state index in [4.69, 9.17) is 4.74 Å². The Bertz CT molecular complexity index is 715. The summed E-state index contributed by atoms with van der Waals surface area (Å²) in [6.45, 7) is 7.39. The molecule has 0 radical (unpaired) electrons. The molecule has 136 valence electrons. The average Bonchev–Trinajstić information content (AvgIpc) is 2.51. The lowest BCUT2D eigenvalue weighted by atomic mass is 9.96. The van der Waals surface area contributed by atoms with E-state index in [0.29, 0.717) is 12.1 Å². The van der Waals surface area contributed by atoms with Crippen molar-refractivity contribution in [3.63, 3.8) is 0 Å². The van der Waals surface area contributed by atoms with Crippen molar-refractivity contribution in [1.82, 2.24) is 9.97 Å². The van der Waals surface area contributed by atoms with Gasteiger partial charge in [0.05, 0.1) is 29.7 Å². The Labute approximate surface area is 146 Å². The molecule has 1 N–H and O–H groups in total. The molecular weight excluding hydrogens is 326 g/mol. The first-order valence-corrected chi connectivity index (χ1v) is 8.22.